The summed E-state index contributed by atoms with van der Waals surface area (Å²) < 4.78 is 13.6. The number of carbonyl (C=O) groups is 1. The van der Waals surface area contributed by atoms with Crippen LogP contribution in [0, 0.1) is 5.82 Å². The number of anilines is 1. The normalized spacial score (nSPS) is 14.0. The van der Waals surface area contributed by atoms with E-state index in [4.69, 9.17) is 0 Å². The number of nitrogens with zero attached hydrogens (tertiary/aromatic N) is 2. The fourth-order valence-electron chi connectivity index (χ4n) is 2.41. The minimum Gasteiger partial charge on any atom is -0.294 e. The van der Waals surface area contributed by atoms with Crippen LogP contribution in [-0.2, 0) is 11.2 Å². The van der Waals surface area contributed by atoms with Crippen molar-refractivity contribution in [3.63, 3.8) is 0 Å². The van der Waals surface area contributed by atoms with Crippen LogP contribution in [0.15, 0.2) is 48.7 Å². The molecule has 1 aromatic heterocycles. The van der Waals surface area contributed by atoms with Gasteiger partial charge in [-0.05, 0) is 43.0 Å². The van der Waals surface area contributed by atoms with Crippen LogP contribution in [0.1, 0.15) is 24.8 Å². The van der Waals surface area contributed by atoms with Crippen molar-refractivity contribution in [3.8, 4) is 0 Å². The Hall–Kier alpha value is -2.23. The summed E-state index contributed by atoms with van der Waals surface area (Å²) in [4.78, 5) is 18.5. The molecular formula is C17H17FN2O. The molecule has 4 heteroatoms. The van der Waals surface area contributed by atoms with Crippen molar-refractivity contribution in [1.29, 1.82) is 0 Å². The summed E-state index contributed by atoms with van der Waals surface area (Å²) >= 11 is 0. The van der Waals surface area contributed by atoms with Crippen LogP contribution in [0.4, 0.5) is 10.2 Å². The molecule has 1 fully saturated rings. The quantitative estimate of drug-likeness (QED) is 0.843. The number of pyridine rings is 1. The zero-order chi connectivity index (χ0) is 14.7. The van der Waals surface area contributed by atoms with E-state index in [-0.39, 0.29) is 17.8 Å². The number of hydrogen-bond acceptors (Lipinski definition) is 2. The van der Waals surface area contributed by atoms with Gasteiger partial charge in [0.15, 0.2) is 0 Å². The van der Waals surface area contributed by atoms with Crippen molar-refractivity contribution >= 4 is 11.7 Å². The van der Waals surface area contributed by atoms with Gasteiger partial charge in [0.05, 0.1) is 0 Å². The molecule has 1 amide bonds. The summed E-state index contributed by atoms with van der Waals surface area (Å²) in [5.41, 5.74) is 0.586. The number of aromatic nitrogens is 1. The molecule has 0 spiro atoms. The van der Waals surface area contributed by atoms with Gasteiger partial charge in [-0.3, -0.25) is 9.69 Å². The fraction of sp³-hybridized carbons (Fsp3) is 0.294. The zero-order valence-electron chi connectivity index (χ0n) is 11.7. The van der Waals surface area contributed by atoms with Crippen molar-refractivity contribution in [2.24, 2.45) is 0 Å². The first-order valence-electron chi connectivity index (χ1n) is 7.22. The number of benzene rings is 1. The lowest BCUT2D eigenvalue weighted by Crippen LogP contribution is -2.33. The molecule has 1 aromatic carbocycles. The summed E-state index contributed by atoms with van der Waals surface area (Å²) in [5, 5.41) is 0. The van der Waals surface area contributed by atoms with Gasteiger partial charge in [-0.15, -0.1) is 0 Å². The Morgan fingerprint density at radius 3 is 2.62 bits per heavy atom. The van der Waals surface area contributed by atoms with E-state index in [1.165, 1.54) is 6.07 Å². The Kier molecular flexibility index (Phi) is 3.95. The first kappa shape index (κ1) is 13.7. The molecule has 0 aliphatic heterocycles. The van der Waals surface area contributed by atoms with Gasteiger partial charge in [0, 0.05) is 18.7 Å². The number of hydrogen-bond donors (Lipinski definition) is 0. The van der Waals surface area contributed by atoms with Crippen LogP contribution in [0.5, 0.6) is 0 Å². The highest BCUT2D eigenvalue weighted by Crippen LogP contribution is 2.31. The molecule has 0 bridgehead atoms. The largest absolute Gasteiger partial charge is 0.294 e. The average Bonchev–Trinajstić information content (AvgIpc) is 3.32. The average molecular weight is 284 g/mol. The number of amides is 1. The van der Waals surface area contributed by atoms with E-state index in [9.17, 15) is 9.18 Å². The molecule has 108 valence electrons. The van der Waals surface area contributed by atoms with E-state index in [1.54, 1.807) is 29.3 Å². The number of aryl methyl sites for hydroxylation is 1. The minimum atomic E-state index is -0.249. The van der Waals surface area contributed by atoms with Gasteiger partial charge < -0.3 is 0 Å². The van der Waals surface area contributed by atoms with Gasteiger partial charge in [-0.25, -0.2) is 9.37 Å². The molecule has 0 radical (unpaired) electrons. The van der Waals surface area contributed by atoms with Crippen molar-refractivity contribution in [2.45, 2.75) is 31.7 Å². The molecule has 2 aromatic rings. The molecule has 1 heterocycles. The van der Waals surface area contributed by atoms with Crippen molar-refractivity contribution in [1.82, 2.24) is 4.98 Å². The predicted molar refractivity (Wildman–Crippen MR) is 79.5 cm³/mol. The monoisotopic (exact) mass is 284 g/mol. The third-order valence-corrected chi connectivity index (χ3v) is 3.64. The number of rotatable bonds is 5. The molecule has 21 heavy (non-hydrogen) atoms. The Labute approximate surface area is 123 Å². The topological polar surface area (TPSA) is 33.2 Å². The standard InChI is InChI=1S/C17H17FN2O/c18-15-6-2-1-5-13(15)8-11-17(21)20(14-9-10-14)16-7-3-4-12-19-16/h1-7,12,14H,8-11H2. The molecule has 1 aliphatic rings. The Morgan fingerprint density at radius 2 is 1.95 bits per heavy atom. The van der Waals surface area contributed by atoms with E-state index >= 15 is 0 Å². The molecule has 3 nitrogen and oxygen atoms in total. The van der Waals surface area contributed by atoms with E-state index < -0.39 is 0 Å². The summed E-state index contributed by atoms with van der Waals surface area (Å²) in [7, 11) is 0. The lowest BCUT2D eigenvalue weighted by Gasteiger charge is -2.21. The Morgan fingerprint density at radius 1 is 1.19 bits per heavy atom. The SMILES string of the molecule is O=C(CCc1ccccc1F)N(c1ccccn1)C1CC1. The third-order valence-electron chi connectivity index (χ3n) is 3.64. The maximum atomic E-state index is 13.6. The lowest BCUT2D eigenvalue weighted by molar-refractivity contribution is -0.118. The van der Waals surface area contributed by atoms with Gasteiger partial charge in [-0.2, -0.15) is 0 Å². The Balaban J connectivity index is 1.70. The molecular weight excluding hydrogens is 267 g/mol. The second kappa shape index (κ2) is 6.04. The van der Waals surface area contributed by atoms with Gasteiger partial charge in [0.2, 0.25) is 5.91 Å². The molecule has 1 aliphatic carbocycles. The molecule has 0 saturated heterocycles. The maximum absolute atomic E-state index is 13.6. The highest BCUT2D eigenvalue weighted by Gasteiger charge is 2.34. The van der Waals surface area contributed by atoms with Crippen molar-refractivity contribution in [3.05, 3.63) is 60.0 Å². The van der Waals surface area contributed by atoms with Crippen LogP contribution >= 0.6 is 0 Å². The van der Waals surface area contributed by atoms with E-state index in [2.05, 4.69) is 4.98 Å². The fourth-order valence-corrected chi connectivity index (χ4v) is 2.41. The van der Waals surface area contributed by atoms with Gasteiger partial charge >= 0.3 is 0 Å². The maximum Gasteiger partial charge on any atom is 0.228 e. The van der Waals surface area contributed by atoms with E-state index in [1.807, 2.05) is 18.2 Å². The number of carbonyl (C=O) groups excluding carboxylic acids is 1. The predicted octanol–water partition coefficient (Wildman–Crippen LogP) is 3.35. The molecule has 0 atom stereocenters. The Bertz CT molecular complexity index is 626. The van der Waals surface area contributed by atoms with Crippen LogP contribution < -0.4 is 4.90 Å². The number of halogens is 1. The second-order valence-electron chi connectivity index (χ2n) is 5.27. The van der Waals surface area contributed by atoms with E-state index in [0.717, 1.165) is 12.8 Å². The zero-order valence-corrected chi connectivity index (χ0v) is 11.7. The van der Waals surface area contributed by atoms with Crippen molar-refractivity contribution in [2.75, 3.05) is 4.90 Å². The summed E-state index contributed by atoms with van der Waals surface area (Å²) in [6.07, 6.45) is 4.44. The van der Waals surface area contributed by atoms with Gasteiger partial charge in [0.25, 0.3) is 0 Å². The summed E-state index contributed by atoms with van der Waals surface area (Å²) in [6, 6.07) is 12.4. The first-order chi connectivity index (χ1) is 10.3. The molecule has 0 N–H and O–H groups in total. The molecule has 3 rings (SSSR count). The highest BCUT2D eigenvalue weighted by atomic mass is 19.1. The minimum absolute atomic E-state index is 0.0134. The molecule has 1 saturated carbocycles. The summed E-state index contributed by atoms with van der Waals surface area (Å²) in [6.45, 7) is 0. The molecule has 0 unspecified atom stereocenters. The van der Waals surface area contributed by atoms with Crippen LogP contribution in [0.2, 0.25) is 0 Å². The second-order valence-corrected chi connectivity index (χ2v) is 5.27. The lowest BCUT2D eigenvalue weighted by atomic mass is 10.1. The smallest absolute Gasteiger partial charge is 0.228 e. The first-order valence-corrected chi connectivity index (χ1v) is 7.22. The van der Waals surface area contributed by atoms with Crippen LogP contribution in [0.3, 0.4) is 0 Å². The third kappa shape index (κ3) is 3.27. The highest BCUT2D eigenvalue weighted by molar-refractivity contribution is 5.93. The van der Waals surface area contributed by atoms with Crippen LogP contribution in [0.25, 0.3) is 0 Å². The summed E-state index contributed by atoms with van der Waals surface area (Å²) in [5.74, 6) is 0.457. The van der Waals surface area contributed by atoms with E-state index in [0.29, 0.717) is 24.2 Å². The van der Waals surface area contributed by atoms with Gasteiger partial charge in [0.1, 0.15) is 11.6 Å². The van der Waals surface area contributed by atoms with Crippen LogP contribution in [-0.4, -0.2) is 16.9 Å². The van der Waals surface area contributed by atoms with Crippen molar-refractivity contribution < 1.29 is 9.18 Å². The van der Waals surface area contributed by atoms with Gasteiger partial charge in [-0.1, -0.05) is 24.3 Å².